The van der Waals surface area contributed by atoms with E-state index in [1.54, 1.807) is 30.1 Å². The Labute approximate surface area is 145 Å². The number of nitrogens with one attached hydrogen (secondary N) is 2. The lowest BCUT2D eigenvalue weighted by Gasteiger charge is -2.10. The van der Waals surface area contributed by atoms with Crippen LogP contribution in [0.2, 0.25) is 0 Å². The van der Waals surface area contributed by atoms with Crippen LogP contribution in [0.1, 0.15) is 37.6 Å². The van der Waals surface area contributed by atoms with Crippen molar-refractivity contribution in [2.24, 2.45) is 4.99 Å². The molecule has 0 spiro atoms. The molecule has 0 amide bonds. The molecule has 0 aromatic carbocycles. The lowest BCUT2D eigenvalue weighted by molar-refractivity contribution is 0.372. The van der Waals surface area contributed by atoms with Crippen molar-refractivity contribution >= 4 is 29.1 Å². The Morgan fingerprint density at radius 3 is 2.96 bits per heavy atom. The van der Waals surface area contributed by atoms with Crippen LogP contribution in [-0.2, 0) is 6.54 Å². The van der Waals surface area contributed by atoms with E-state index >= 15 is 0 Å². The number of guanidine groups is 1. The summed E-state index contributed by atoms with van der Waals surface area (Å²) in [4.78, 5) is 8.46. The first-order valence-corrected chi connectivity index (χ1v) is 9.48. The Bertz CT molecular complexity index is 595. The Balaban J connectivity index is 1.63. The van der Waals surface area contributed by atoms with E-state index in [1.165, 1.54) is 0 Å². The molecule has 2 N–H and O–H groups in total. The quantitative estimate of drug-likeness (QED) is 0.329. The third-order valence-corrected chi connectivity index (χ3v) is 5.12. The van der Waals surface area contributed by atoms with E-state index in [0.29, 0.717) is 12.5 Å². The summed E-state index contributed by atoms with van der Waals surface area (Å²) in [5.74, 6) is 3.00. The van der Waals surface area contributed by atoms with E-state index in [0.717, 1.165) is 40.5 Å². The Kier molecular flexibility index (Phi) is 7.41. The van der Waals surface area contributed by atoms with Gasteiger partial charge in [0.05, 0.1) is 12.2 Å². The SMILES string of the molecule is CN=C(NCCCSc1nccs1)NCc1cc(C(C)C)no1. The molecule has 6 nitrogen and oxygen atoms in total. The molecule has 2 aromatic heterocycles. The summed E-state index contributed by atoms with van der Waals surface area (Å²) >= 11 is 3.47. The van der Waals surface area contributed by atoms with Gasteiger partial charge in [-0.2, -0.15) is 0 Å². The molecule has 0 aliphatic rings. The van der Waals surface area contributed by atoms with Crippen molar-refractivity contribution in [2.75, 3.05) is 19.3 Å². The minimum atomic E-state index is 0.375. The van der Waals surface area contributed by atoms with Crippen molar-refractivity contribution in [1.29, 1.82) is 0 Å². The Hall–Kier alpha value is -1.54. The van der Waals surface area contributed by atoms with Crippen LogP contribution in [0.4, 0.5) is 0 Å². The zero-order chi connectivity index (χ0) is 16.5. The van der Waals surface area contributed by atoms with Crippen LogP contribution in [-0.4, -0.2) is 35.4 Å². The van der Waals surface area contributed by atoms with E-state index in [1.807, 2.05) is 17.6 Å². The molecule has 0 saturated heterocycles. The predicted molar refractivity (Wildman–Crippen MR) is 96.2 cm³/mol. The molecule has 2 rings (SSSR count). The number of hydrogen-bond acceptors (Lipinski definition) is 6. The average molecular weight is 354 g/mol. The highest BCUT2D eigenvalue weighted by molar-refractivity contribution is 8.00. The molecule has 2 heterocycles. The van der Waals surface area contributed by atoms with Gasteiger partial charge in [0.15, 0.2) is 11.7 Å². The van der Waals surface area contributed by atoms with Gasteiger partial charge in [-0.25, -0.2) is 4.98 Å². The minimum absolute atomic E-state index is 0.375. The normalized spacial score (nSPS) is 11.9. The van der Waals surface area contributed by atoms with E-state index in [2.05, 4.69) is 39.6 Å². The molecular formula is C15H23N5OS2. The minimum Gasteiger partial charge on any atom is -0.359 e. The van der Waals surface area contributed by atoms with E-state index in [-0.39, 0.29) is 0 Å². The maximum atomic E-state index is 5.30. The number of thiazole rings is 1. The fourth-order valence-electron chi connectivity index (χ4n) is 1.80. The summed E-state index contributed by atoms with van der Waals surface area (Å²) in [5, 5.41) is 12.6. The number of aliphatic imine (C=N–C) groups is 1. The highest BCUT2D eigenvalue weighted by Crippen LogP contribution is 2.20. The monoisotopic (exact) mass is 353 g/mol. The summed E-state index contributed by atoms with van der Waals surface area (Å²) in [6.07, 6.45) is 2.88. The van der Waals surface area contributed by atoms with Gasteiger partial charge in [-0.1, -0.05) is 30.8 Å². The lowest BCUT2D eigenvalue weighted by Crippen LogP contribution is -2.37. The highest BCUT2D eigenvalue weighted by Gasteiger charge is 2.08. The van der Waals surface area contributed by atoms with Gasteiger partial charge in [-0.3, -0.25) is 4.99 Å². The molecular weight excluding hydrogens is 330 g/mol. The average Bonchev–Trinajstić information content (AvgIpc) is 3.21. The summed E-state index contributed by atoms with van der Waals surface area (Å²) in [7, 11) is 1.76. The van der Waals surface area contributed by atoms with Crippen LogP contribution in [0.25, 0.3) is 0 Å². The van der Waals surface area contributed by atoms with E-state index in [4.69, 9.17) is 4.52 Å². The fraction of sp³-hybridized carbons (Fsp3) is 0.533. The zero-order valence-corrected chi connectivity index (χ0v) is 15.3. The molecule has 0 saturated carbocycles. The van der Waals surface area contributed by atoms with Gasteiger partial charge in [0.2, 0.25) is 0 Å². The largest absolute Gasteiger partial charge is 0.359 e. The molecule has 8 heteroatoms. The zero-order valence-electron chi connectivity index (χ0n) is 13.7. The van der Waals surface area contributed by atoms with Crippen LogP contribution >= 0.6 is 23.1 Å². The molecule has 0 bridgehead atoms. The standard InChI is InChI=1S/C15H23N5OS2/c1-11(2)13-9-12(21-20-13)10-19-14(16-3)17-5-4-7-22-15-18-6-8-23-15/h6,8-9,11H,4-5,7,10H2,1-3H3,(H2,16,17,19). The lowest BCUT2D eigenvalue weighted by atomic mass is 10.1. The fourth-order valence-corrected chi connectivity index (χ4v) is 3.44. The van der Waals surface area contributed by atoms with Gasteiger partial charge in [0, 0.05) is 37.0 Å². The maximum absolute atomic E-state index is 5.30. The van der Waals surface area contributed by atoms with Crippen LogP contribution in [0, 0.1) is 0 Å². The number of rotatable bonds is 8. The Morgan fingerprint density at radius 1 is 1.43 bits per heavy atom. The van der Waals surface area contributed by atoms with E-state index < -0.39 is 0 Å². The summed E-state index contributed by atoms with van der Waals surface area (Å²) < 4.78 is 6.42. The molecule has 0 fully saturated rings. The molecule has 0 radical (unpaired) electrons. The Morgan fingerprint density at radius 2 is 2.30 bits per heavy atom. The molecule has 126 valence electrons. The third kappa shape index (κ3) is 6.23. The van der Waals surface area contributed by atoms with Crippen molar-refractivity contribution in [2.45, 2.75) is 37.1 Å². The van der Waals surface area contributed by atoms with Crippen molar-refractivity contribution in [1.82, 2.24) is 20.8 Å². The van der Waals surface area contributed by atoms with E-state index in [9.17, 15) is 0 Å². The first-order valence-electron chi connectivity index (χ1n) is 7.61. The summed E-state index contributed by atoms with van der Waals surface area (Å²) in [5.41, 5.74) is 0.976. The van der Waals surface area contributed by atoms with Crippen LogP contribution in [0.3, 0.4) is 0 Å². The number of thioether (sulfide) groups is 1. The van der Waals surface area contributed by atoms with Crippen LogP contribution in [0.15, 0.2) is 31.5 Å². The topological polar surface area (TPSA) is 75.3 Å². The van der Waals surface area contributed by atoms with Gasteiger partial charge in [0.25, 0.3) is 0 Å². The first-order chi connectivity index (χ1) is 11.2. The van der Waals surface area contributed by atoms with Gasteiger partial charge in [-0.15, -0.1) is 11.3 Å². The highest BCUT2D eigenvalue weighted by atomic mass is 32.2. The van der Waals surface area contributed by atoms with Gasteiger partial charge < -0.3 is 15.2 Å². The molecule has 0 aliphatic carbocycles. The van der Waals surface area contributed by atoms with Crippen molar-refractivity contribution < 1.29 is 4.52 Å². The maximum Gasteiger partial charge on any atom is 0.191 e. The van der Waals surface area contributed by atoms with Crippen molar-refractivity contribution in [3.63, 3.8) is 0 Å². The van der Waals surface area contributed by atoms with Gasteiger partial charge >= 0.3 is 0 Å². The van der Waals surface area contributed by atoms with Gasteiger partial charge in [-0.05, 0) is 12.3 Å². The number of aromatic nitrogens is 2. The van der Waals surface area contributed by atoms with Gasteiger partial charge in [0.1, 0.15) is 4.34 Å². The first kappa shape index (κ1) is 17.8. The van der Waals surface area contributed by atoms with Crippen molar-refractivity contribution in [3.05, 3.63) is 29.1 Å². The second-order valence-corrected chi connectivity index (χ2v) is 7.46. The second-order valence-electron chi connectivity index (χ2n) is 5.23. The molecule has 0 aliphatic heterocycles. The van der Waals surface area contributed by atoms with Crippen molar-refractivity contribution in [3.8, 4) is 0 Å². The molecule has 2 aromatic rings. The number of nitrogens with zero attached hydrogens (tertiary/aromatic N) is 3. The van der Waals surface area contributed by atoms with Crippen LogP contribution < -0.4 is 10.6 Å². The molecule has 0 unspecified atom stereocenters. The third-order valence-electron chi connectivity index (χ3n) is 3.07. The second kappa shape index (κ2) is 9.57. The molecule has 23 heavy (non-hydrogen) atoms. The summed E-state index contributed by atoms with van der Waals surface area (Å²) in [6, 6.07) is 1.98. The molecule has 0 atom stereocenters. The summed E-state index contributed by atoms with van der Waals surface area (Å²) in [6.45, 7) is 5.64. The smallest absolute Gasteiger partial charge is 0.191 e. The predicted octanol–water partition coefficient (Wildman–Crippen LogP) is 3.10. The van der Waals surface area contributed by atoms with Crippen LogP contribution in [0.5, 0.6) is 0 Å². The number of hydrogen-bond donors (Lipinski definition) is 2.